The van der Waals surface area contributed by atoms with Gasteiger partial charge in [-0.25, -0.2) is 4.39 Å². The van der Waals surface area contributed by atoms with E-state index < -0.39 is 10.7 Å². The molecular weight excluding hydrogens is 263 g/mol. The van der Waals surface area contributed by atoms with Gasteiger partial charge in [-0.15, -0.1) is 0 Å². The third kappa shape index (κ3) is 4.25. The molecule has 20 heavy (non-hydrogen) atoms. The maximum absolute atomic E-state index is 13.3. The number of hydrogen-bond donors (Lipinski definition) is 1. The van der Waals surface area contributed by atoms with E-state index in [4.69, 9.17) is 5.11 Å². The Hall–Kier alpha value is -1.53. The average Bonchev–Trinajstić information content (AvgIpc) is 2.40. The van der Waals surface area contributed by atoms with E-state index in [1.807, 2.05) is 18.7 Å². The molecule has 112 valence electrons. The number of halogens is 1. The van der Waals surface area contributed by atoms with E-state index in [0.29, 0.717) is 12.1 Å². The van der Waals surface area contributed by atoms with Crippen molar-refractivity contribution in [3.05, 3.63) is 39.7 Å². The maximum Gasteiger partial charge on any atom is 0.274 e. The highest BCUT2D eigenvalue weighted by Crippen LogP contribution is 2.23. The number of nitro groups is 1. The van der Waals surface area contributed by atoms with Crippen LogP contribution < -0.4 is 0 Å². The summed E-state index contributed by atoms with van der Waals surface area (Å²) in [4.78, 5) is 12.5. The molecule has 1 rings (SSSR count). The predicted molar refractivity (Wildman–Crippen MR) is 74.9 cm³/mol. The van der Waals surface area contributed by atoms with Crippen molar-refractivity contribution in [1.29, 1.82) is 0 Å². The molecule has 0 radical (unpaired) electrons. The molecule has 0 unspecified atom stereocenters. The molecule has 1 aromatic carbocycles. The van der Waals surface area contributed by atoms with Crippen molar-refractivity contribution >= 4 is 5.69 Å². The van der Waals surface area contributed by atoms with Crippen LogP contribution in [0.1, 0.15) is 32.3 Å². The number of hydrogen-bond acceptors (Lipinski definition) is 4. The first-order valence-corrected chi connectivity index (χ1v) is 6.81. The standard InChI is InChI=1S/C14H21FN2O3/c1-3-13(4-2)16(7-8-18)10-11-9-12(15)5-6-14(11)17(19)20/h5-6,9,13,18H,3-4,7-8,10H2,1-2H3. The molecule has 0 aliphatic heterocycles. The van der Waals surface area contributed by atoms with Crippen LogP contribution in [0.25, 0.3) is 0 Å². The molecule has 0 amide bonds. The molecule has 0 heterocycles. The molecule has 0 fully saturated rings. The molecule has 0 saturated heterocycles. The summed E-state index contributed by atoms with van der Waals surface area (Å²) in [6.45, 7) is 4.71. The van der Waals surface area contributed by atoms with Crippen LogP contribution in [-0.4, -0.2) is 34.1 Å². The minimum Gasteiger partial charge on any atom is -0.395 e. The topological polar surface area (TPSA) is 66.6 Å². The normalized spacial score (nSPS) is 11.3. The number of benzene rings is 1. The Balaban J connectivity index is 3.03. The zero-order chi connectivity index (χ0) is 15.1. The summed E-state index contributed by atoms with van der Waals surface area (Å²) in [6, 6.07) is 3.69. The van der Waals surface area contributed by atoms with E-state index >= 15 is 0 Å². The van der Waals surface area contributed by atoms with Gasteiger partial charge in [0.1, 0.15) is 5.82 Å². The van der Waals surface area contributed by atoms with Gasteiger partial charge < -0.3 is 5.11 Å². The molecule has 1 aromatic rings. The lowest BCUT2D eigenvalue weighted by molar-refractivity contribution is -0.385. The summed E-state index contributed by atoms with van der Waals surface area (Å²) in [5.41, 5.74) is 0.260. The molecule has 0 atom stereocenters. The van der Waals surface area contributed by atoms with E-state index in [9.17, 15) is 14.5 Å². The van der Waals surface area contributed by atoms with Crippen LogP contribution in [0, 0.1) is 15.9 Å². The van der Waals surface area contributed by atoms with Crippen molar-refractivity contribution in [2.24, 2.45) is 0 Å². The quantitative estimate of drug-likeness (QED) is 0.589. The Kier molecular flexibility index (Phi) is 6.54. The lowest BCUT2D eigenvalue weighted by atomic mass is 10.1. The van der Waals surface area contributed by atoms with Gasteiger partial charge in [-0.05, 0) is 25.0 Å². The highest BCUT2D eigenvalue weighted by molar-refractivity contribution is 5.40. The van der Waals surface area contributed by atoms with Gasteiger partial charge in [-0.1, -0.05) is 13.8 Å². The van der Waals surface area contributed by atoms with Gasteiger partial charge in [0.05, 0.1) is 11.5 Å². The zero-order valence-electron chi connectivity index (χ0n) is 11.9. The minimum absolute atomic E-state index is 0.0282. The molecule has 0 aromatic heterocycles. The second-order valence-corrected chi connectivity index (χ2v) is 4.69. The first kappa shape index (κ1) is 16.5. The second kappa shape index (κ2) is 7.91. The summed E-state index contributed by atoms with van der Waals surface area (Å²) >= 11 is 0. The van der Waals surface area contributed by atoms with Gasteiger partial charge in [0, 0.05) is 30.8 Å². The largest absolute Gasteiger partial charge is 0.395 e. The van der Waals surface area contributed by atoms with Crippen molar-refractivity contribution in [3.8, 4) is 0 Å². The Morgan fingerprint density at radius 1 is 1.40 bits per heavy atom. The molecule has 0 bridgehead atoms. The Labute approximate surface area is 118 Å². The van der Waals surface area contributed by atoms with Gasteiger partial charge in [0.25, 0.3) is 5.69 Å². The zero-order valence-corrected chi connectivity index (χ0v) is 11.9. The van der Waals surface area contributed by atoms with Crippen molar-refractivity contribution in [2.45, 2.75) is 39.3 Å². The van der Waals surface area contributed by atoms with Crippen molar-refractivity contribution < 1.29 is 14.4 Å². The molecule has 1 N–H and O–H groups in total. The van der Waals surface area contributed by atoms with Gasteiger partial charge in [0.15, 0.2) is 0 Å². The highest BCUT2D eigenvalue weighted by Gasteiger charge is 2.20. The third-order valence-corrected chi connectivity index (χ3v) is 3.46. The van der Waals surface area contributed by atoms with Crippen LogP contribution in [0.3, 0.4) is 0 Å². The van der Waals surface area contributed by atoms with E-state index in [0.717, 1.165) is 18.9 Å². The first-order valence-electron chi connectivity index (χ1n) is 6.81. The van der Waals surface area contributed by atoms with Crippen molar-refractivity contribution in [1.82, 2.24) is 4.90 Å². The lowest BCUT2D eigenvalue weighted by Gasteiger charge is -2.29. The molecule has 0 aliphatic rings. The summed E-state index contributed by atoms with van der Waals surface area (Å²) in [5.74, 6) is -0.487. The number of nitrogens with zero attached hydrogens (tertiary/aromatic N) is 2. The molecular formula is C14H21FN2O3. The summed E-state index contributed by atoms with van der Waals surface area (Å²) < 4.78 is 13.3. The van der Waals surface area contributed by atoms with Crippen LogP contribution >= 0.6 is 0 Å². The van der Waals surface area contributed by atoms with Gasteiger partial charge in [-0.3, -0.25) is 15.0 Å². The number of rotatable bonds is 8. The number of aliphatic hydroxyl groups excluding tert-OH is 1. The van der Waals surface area contributed by atoms with Gasteiger partial charge in [0.2, 0.25) is 0 Å². The van der Waals surface area contributed by atoms with Crippen LogP contribution in [0.2, 0.25) is 0 Å². The van der Waals surface area contributed by atoms with Crippen LogP contribution in [-0.2, 0) is 6.54 Å². The fourth-order valence-electron chi connectivity index (χ4n) is 2.40. The number of aliphatic hydroxyl groups is 1. The smallest absolute Gasteiger partial charge is 0.274 e. The monoisotopic (exact) mass is 284 g/mol. The Bertz CT molecular complexity index is 450. The maximum atomic E-state index is 13.3. The number of nitro benzene ring substituents is 1. The molecule has 0 spiro atoms. The first-order chi connectivity index (χ1) is 9.53. The lowest BCUT2D eigenvalue weighted by Crippen LogP contribution is -2.36. The van der Waals surface area contributed by atoms with Crippen LogP contribution in [0.15, 0.2) is 18.2 Å². The summed E-state index contributed by atoms with van der Waals surface area (Å²) in [6.07, 6.45) is 1.75. The molecule has 0 saturated carbocycles. The summed E-state index contributed by atoms with van der Waals surface area (Å²) in [7, 11) is 0. The van der Waals surface area contributed by atoms with E-state index in [2.05, 4.69) is 0 Å². The third-order valence-electron chi connectivity index (χ3n) is 3.46. The predicted octanol–water partition coefficient (Wildman–Crippen LogP) is 2.72. The van der Waals surface area contributed by atoms with Crippen LogP contribution in [0.5, 0.6) is 0 Å². The van der Waals surface area contributed by atoms with Crippen molar-refractivity contribution in [3.63, 3.8) is 0 Å². The van der Waals surface area contributed by atoms with E-state index in [1.54, 1.807) is 0 Å². The fraction of sp³-hybridized carbons (Fsp3) is 0.571. The van der Waals surface area contributed by atoms with Gasteiger partial charge in [-0.2, -0.15) is 0 Å². The molecule has 5 nitrogen and oxygen atoms in total. The highest BCUT2D eigenvalue weighted by atomic mass is 19.1. The second-order valence-electron chi connectivity index (χ2n) is 4.69. The van der Waals surface area contributed by atoms with Crippen LogP contribution in [0.4, 0.5) is 10.1 Å². The van der Waals surface area contributed by atoms with Crippen molar-refractivity contribution in [2.75, 3.05) is 13.2 Å². The van der Waals surface area contributed by atoms with Gasteiger partial charge >= 0.3 is 0 Å². The average molecular weight is 284 g/mol. The Morgan fingerprint density at radius 2 is 2.05 bits per heavy atom. The van der Waals surface area contributed by atoms with E-state index in [-0.39, 0.29) is 24.9 Å². The molecule has 0 aliphatic carbocycles. The van der Waals surface area contributed by atoms with E-state index in [1.165, 1.54) is 12.1 Å². The summed E-state index contributed by atoms with van der Waals surface area (Å²) in [5, 5.41) is 20.1. The molecule has 6 heteroatoms. The minimum atomic E-state index is -0.501. The SMILES string of the molecule is CCC(CC)N(CCO)Cc1cc(F)ccc1[N+](=O)[O-]. The fourth-order valence-corrected chi connectivity index (χ4v) is 2.40. The Morgan fingerprint density at radius 3 is 2.55 bits per heavy atom.